The van der Waals surface area contributed by atoms with Gasteiger partial charge in [0, 0.05) is 42.7 Å². The normalized spacial score (nSPS) is 13.4. The van der Waals surface area contributed by atoms with Crippen LogP contribution in [-0.4, -0.2) is 31.1 Å². The minimum absolute atomic E-state index is 0.146. The average Bonchev–Trinajstić information content (AvgIpc) is 2.97. The van der Waals surface area contributed by atoms with Gasteiger partial charge in [-0.1, -0.05) is 120 Å². The Morgan fingerprint density at radius 2 is 1.67 bits per heavy atom. The molecule has 208 valence electrons. The summed E-state index contributed by atoms with van der Waals surface area (Å²) in [4.78, 5) is 18.6. The smallest absolute Gasteiger partial charge is 0.161 e. The Kier molecular flexibility index (Phi) is 19.9. The number of hydrogen-bond donors (Lipinski definition) is 0. The highest BCUT2D eigenvalue weighted by Gasteiger charge is 2.11. The molecule has 2 aromatic carbocycles. The second-order valence-electron chi connectivity index (χ2n) is 8.02. The first kappa shape index (κ1) is 35.1. The van der Waals surface area contributed by atoms with Gasteiger partial charge in [-0.3, -0.25) is 9.98 Å². The summed E-state index contributed by atoms with van der Waals surface area (Å²) in [5.41, 5.74) is 5.09. The third kappa shape index (κ3) is 13.4. The maximum Gasteiger partial charge on any atom is 0.161 e. The summed E-state index contributed by atoms with van der Waals surface area (Å²) in [6, 6.07) is 16.4. The number of aliphatic imine (C=N–C) groups is 4. The molecule has 0 amide bonds. The topological polar surface area (TPSA) is 49.4 Å². The predicted molar refractivity (Wildman–Crippen MR) is 177 cm³/mol. The number of allylic oxidation sites excluding steroid dienone is 6. The van der Waals surface area contributed by atoms with Crippen LogP contribution in [0.15, 0.2) is 117 Å². The Morgan fingerprint density at radius 3 is 2.26 bits per heavy atom. The summed E-state index contributed by atoms with van der Waals surface area (Å²) < 4.78 is 0. The van der Waals surface area contributed by atoms with Gasteiger partial charge in [0.25, 0.3) is 0 Å². The number of benzene rings is 2. The van der Waals surface area contributed by atoms with E-state index in [1.54, 1.807) is 19.3 Å². The molecule has 0 saturated heterocycles. The van der Waals surface area contributed by atoms with Crippen LogP contribution in [0.2, 0.25) is 0 Å². The summed E-state index contributed by atoms with van der Waals surface area (Å²) in [7, 11) is 1.75. The maximum absolute atomic E-state index is 4.90. The first-order chi connectivity index (χ1) is 19.0. The maximum atomic E-state index is 4.90. The van der Waals surface area contributed by atoms with Crippen LogP contribution in [0.3, 0.4) is 0 Å². The van der Waals surface area contributed by atoms with Crippen LogP contribution in [0.4, 0.5) is 0 Å². The molecule has 0 aliphatic heterocycles. The molecule has 0 saturated carbocycles. The van der Waals surface area contributed by atoms with E-state index < -0.39 is 0 Å². The van der Waals surface area contributed by atoms with Crippen molar-refractivity contribution in [1.82, 2.24) is 0 Å². The molecule has 1 atom stereocenters. The lowest BCUT2D eigenvalue weighted by atomic mass is 9.97. The molecule has 39 heavy (non-hydrogen) atoms. The van der Waals surface area contributed by atoms with Crippen LogP contribution >= 0.6 is 0 Å². The molecule has 4 heteroatoms. The average molecular weight is 525 g/mol. The van der Waals surface area contributed by atoms with Gasteiger partial charge in [-0.2, -0.15) is 0 Å². The number of rotatable bonds is 9. The zero-order valence-electron chi connectivity index (χ0n) is 25.5. The first-order valence-corrected chi connectivity index (χ1v) is 13.9. The van der Waals surface area contributed by atoms with Crippen LogP contribution in [-0.2, 0) is 0 Å². The fourth-order valence-electron chi connectivity index (χ4n) is 3.34. The summed E-state index contributed by atoms with van der Waals surface area (Å²) in [5.74, 6) is 1.36. The van der Waals surface area contributed by atoms with Gasteiger partial charge in [0.2, 0.25) is 0 Å². The molecule has 0 bridgehead atoms. The van der Waals surface area contributed by atoms with Gasteiger partial charge in [0.05, 0.1) is 0 Å². The number of hydrogen-bond acceptors (Lipinski definition) is 2. The number of nitrogens with zero attached hydrogens (tertiary/aromatic N) is 4. The highest BCUT2D eigenvalue weighted by atomic mass is 15.0. The third-order valence-corrected chi connectivity index (χ3v) is 5.08. The lowest BCUT2D eigenvalue weighted by molar-refractivity contribution is 1.04. The highest BCUT2D eigenvalue weighted by molar-refractivity contribution is 6.14. The van der Waals surface area contributed by atoms with Crippen molar-refractivity contribution in [2.24, 2.45) is 20.0 Å². The van der Waals surface area contributed by atoms with Crippen LogP contribution in [0.1, 0.15) is 83.1 Å². The Labute approximate surface area is 238 Å². The van der Waals surface area contributed by atoms with Gasteiger partial charge in [-0.25, -0.2) is 9.98 Å². The van der Waals surface area contributed by atoms with E-state index in [0.717, 1.165) is 34.2 Å². The largest absolute Gasteiger partial charge is 0.270 e. The van der Waals surface area contributed by atoms with Gasteiger partial charge < -0.3 is 0 Å². The molecule has 0 aliphatic carbocycles. The molecule has 2 aromatic rings. The molecule has 4 nitrogen and oxygen atoms in total. The van der Waals surface area contributed by atoms with E-state index in [2.05, 4.69) is 55.5 Å². The monoisotopic (exact) mass is 524 g/mol. The molecule has 0 fully saturated rings. The summed E-state index contributed by atoms with van der Waals surface area (Å²) in [6.07, 6.45) is 16.2. The molecule has 1 unspecified atom stereocenters. The van der Waals surface area contributed by atoms with Crippen molar-refractivity contribution in [2.75, 3.05) is 7.05 Å². The summed E-state index contributed by atoms with van der Waals surface area (Å²) in [5, 5.41) is 0. The van der Waals surface area contributed by atoms with Crippen LogP contribution in [0, 0.1) is 6.92 Å². The molecule has 0 spiro atoms. The lowest BCUT2D eigenvalue weighted by Gasteiger charge is -2.11. The molecular weight excluding hydrogens is 476 g/mol. The van der Waals surface area contributed by atoms with Crippen molar-refractivity contribution >= 4 is 24.1 Å². The van der Waals surface area contributed by atoms with E-state index in [0.29, 0.717) is 11.7 Å². The van der Waals surface area contributed by atoms with Gasteiger partial charge in [0.15, 0.2) is 11.7 Å². The molecule has 0 radical (unpaired) electrons. The van der Waals surface area contributed by atoms with E-state index in [9.17, 15) is 0 Å². The van der Waals surface area contributed by atoms with Gasteiger partial charge in [0.1, 0.15) is 0 Å². The third-order valence-electron chi connectivity index (χ3n) is 5.08. The number of amidine groups is 2. The first-order valence-electron chi connectivity index (χ1n) is 13.9. The van der Waals surface area contributed by atoms with Gasteiger partial charge in [-0.15, -0.1) is 0 Å². The summed E-state index contributed by atoms with van der Waals surface area (Å²) in [6.45, 7) is 20.1. The minimum Gasteiger partial charge on any atom is -0.270 e. The summed E-state index contributed by atoms with van der Waals surface area (Å²) >= 11 is 0. The van der Waals surface area contributed by atoms with Gasteiger partial charge in [-0.05, 0) is 43.5 Å². The van der Waals surface area contributed by atoms with E-state index >= 15 is 0 Å². The Balaban J connectivity index is 0.00000344. The molecule has 0 aromatic heterocycles. The molecule has 0 aliphatic rings. The van der Waals surface area contributed by atoms with E-state index in [-0.39, 0.29) is 5.92 Å². The van der Waals surface area contributed by atoms with E-state index in [1.807, 2.05) is 102 Å². The second kappa shape index (κ2) is 22.1. The predicted octanol–water partition coefficient (Wildman–Crippen LogP) is 9.73. The second-order valence-corrected chi connectivity index (χ2v) is 8.02. The van der Waals surface area contributed by atoms with Crippen molar-refractivity contribution in [3.8, 4) is 0 Å². The highest BCUT2D eigenvalue weighted by Crippen LogP contribution is 2.20. The van der Waals surface area contributed by atoms with Crippen molar-refractivity contribution < 1.29 is 0 Å². The van der Waals surface area contributed by atoms with Gasteiger partial charge >= 0.3 is 0 Å². The van der Waals surface area contributed by atoms with E-state index in [1.165, 1.54) is 0 Å². The number of aryl methyl sites for hydroxylation is 1. The van der Waals surface area contributed by atoms with Crippen molar-refractivity contribution in [1.29, 1.82) is 0 Å². The zero-order valence-corrected chi connectivity index (χ0v) is 25.5. The Morgan fingerprint density at radius 1 is 0.974 bits per heavy atom. The standard InChI is InChI=1S/C31H36N4.2C2H6/c1-7-10-18-33-22-25(5)28-19-24(4)20-29(21-28)31(34-23-26(14-8-2)15-9-3)35-30(32-6)27-16-12-11-13-17-27;2*1-2/h8-23,25H,2,7H2,1,3-6H3;2*1-2H3/b15-9-,18-10-,26-14+,32-30?,33-22?,34-23?,35-31?;;. The fourth-order valence-corrected chi connectivity index (χ4v) is 3.34. The van der Waals surface area contributed by atoms with E-state index in [4.69, 9.17) is 9.98 Å². The van der Waals surface area contributed by atoms with Crippen LogP contribution in [0.25, 0.3) is 0 Å². The Hall–Kier alpha value is -3.92. The molecule has 0 N–H and O–H groups in total. The van der Waals surface area contributed by atoms with Crippen molar-refractivity contribution in [3.63, 3.8) is 0 Å². The van der Waals surface area contributed by atoms with Crippen LogP contribution < -0.4 is 0 Å². The minimum atomic E-state index is 0.146. The fraction of sp³-hybridized carbons (Fsp3) is 0.314. The van der Waals surface area contributed by atoms with Crippen molar-refractivity contribution in [2.45, 2.75) is 67.7 Å². The molecule has 2 rings (SSSR count). The Bertz CT molecular complexity index is 1180. The quantitative estimate of drug-likeness (QED) is 0.178. The SMILES string of the molecule is C=C/C=C(C=NC(=NC(=NC)c1ccccc1)c1cc(C)cc(C(C)C=N/C=C\CC)c1)\C=C/C.CC.CC. The zero-order chi connectivity index (χ0) is 29.5. The molecule has 0 heterocycles. The molecular formula is C35H48N4. The lowest BCUT2D eigenvalue weighted by Crippen LogP contribution is -2.07. The van der Waals surface area contributed by atoms with Crippen molar-refractivity contribution in [3.05, 3.63) is 120 Å². The van der Waals surface area contributed by atoms with Crippen LogP contribution in [0.5, 0.6) is 0 Å².